The van der Waals surface area contributed by atoms with Gasteiger partial charge in [-0.15, -0.1) is 0 Å². The van der Waals surface area contributed by atoms with Crippen LogP contribution in [0.3, 0.4) is 0 Å². The molecule has 7 heteroatoms. The fourth-order valence-electron chi connectivity index (χ4n) is 3.81. The predicted octanol–water partition coefficient (Wildman–Crippen LogP) is 4.92. The number of thiocarbonyl (C=S) groups is 1. The van der Waals surface area contributed by atoms with Crippen LogP contribution in [-0.4, -0.2) is 23.8 Å². The molecule has 0 fully saturated rings. The zero-order chi connectivity index (χ0) is 23.2. The Morgan fingerprint density at radius 2 is 1.73 bits per heavy atom. The molecule has 2 N–H and O–H groups in total. The number of rotatable bonds is 7. The summed E-state index contributed by atoms with van der Waals surface area (Å²) in [5, 5.41) is 6.52. The van der Waals surface area contributed by atoms with E-state index in [1.165, 1.54) is 0 Å². The quantitative estimate of drug-likeness (QED) is 0.491. The summed E-state index contributed by atoms with van der Waals surface area (Å²) in [4.78, 5) is 17.6. The Morgan fingerprint density at radius 3 is 2.42 bits per heavy atom. The molecule has 1 aliphatic heterocycles. The first-order valence-corrected chi connectivity index (χ1v) is 11.0. The van der Waals surface area contributed by atoms with Crippen LogP contribution >= 0.6 is 12.2 Å². The van der Waals surface area contributed by atoms with E-state index in [0.29, 0.717) is 28.9 Å². The lowest BCUT2D eigenvalue weighted by Gasteiger charge is -2.32. The van der Waals surface area contributed by atoms with Crippen LogP contribution in [0.5, 0.6) is 11.5 Å². The summed E-state index contributed by atoms with van der Waals surface area (Å²) in [6.07, 6.45) is 0. The highest BCUT2D eigenvalue weighted by Gasteiger charge is 2.36. The van der Waals surface area contributed by atoms with Crippen molar-refractivity contribution in [1.29, 1.82) is 0 Å². The summed E-state index contributed by atoms with van der Waals surface area (Å²) in [7, 11) is 1.60. The average molecular weight is 460 g/mol. The third-order valence-corrected chi connectivity index (χ3v) is 5.66. The minimum atomic E-state index is -0.544. The highest BCUT2D eigenvalue weighted by atomic mass is 32.1. The first kappa shape index (κ1) is 22.5. The zero-order valence-electron chi connectivity index (χ0n) is 18.4. The molecule has 0 aromatic heterocycles. The molecule has 2 unspecified atom stereocenters. The third kappa shape index (κ3) is 5.38. The lowest BCUT2D eigenvalue weighted by Crippen LogP contribution is -2.45. The number of nitrogens with zero attached hydrogens (tertiary/aromatic N) is 1. The Labute approximate surface area is 198 Å². The van der Waals surface area contributed by atoms with Crippen LogP contribution in [0.15, 0.2) is 83.9 Å². The third-order valence-electron chi connectivity index (χ3n) is 5.45. The number of anilines is 1. The van der Waals surface area contributed by atoms with E-state index in [1.54, 1.807) is 7.11 Å². The molecule has 4 rings (SSSR count). The molecule has 1 aliphatic rings. The lowest BCUT2D eigenvalue weighted by molar-refractivity contribution is -0.118. The molecule has 1 heterocycles. The van der Waals surface area contributed by atoms with Gasteiger partial charge in [0, 0.05) is 11.4 Å². The van der Waals surface area contributed by atoms with Gasteiger partial charge in [-0.3, -0.25) is 4.79 Å². The van der Waals surface area contributed by atoms with Gasteiger partial charge in [-0.1, -0.05) is 54.6 Å². The van der Waals surface area contributed by atoms with E-state index in [9.17, 15) is 4.79 Å². The van der Waals surface area contributed by atoms with Crippen molar-refractivity contribution in [3.63, 3.8) is 0 Å². The van der Waals surface area contributed by atoms with Crippen LogP contribution in [0.25, 0.3) is 0 Å². The van der Waals surface area contributed by atoms with Gasteiger partial charge in [-0.05, 0) is 54.5 Å². The second-order valence-corrected chi connectivity index (χ2v) is 8.08. The van der Waals surface area contributed by atoms with Crippen LogP contribution < -0.4 is 20.1 Å². The standard InChI is InChI=1S/C26H25N3O3S/c1-17-23(25(30)28-20-11-7-4-8-12-20)24(29-26(33)27-17)19-13-14-21(22(15-19)31-2)32-16-18-9-5-3-6-10-18/h3-15,23-24H,16H2,1-2H3,(H,28,30)(H,29,33). The number of nitrogens with one attached hydrogen (secondary N) is 2. The topological polar surface area (TPSA) is 72.0 Å². The van der Waals surface area contributed by atoms with Gasteiger partial charge in [0.25, 0.3) is 0 Å². The van der Waals surface area contributed by atoms with Crippen molar-refractivity contribution in [2.24, 2.45) is 10.9 Å². The fourth-order valence-corrected chi connectivity index (χ4v) is 4.08. The van der Waals surface area contributed by atoms with Crippen LogP contribution in [0, 0.1) is 5.92 Å². The van der Waals surface area contributed by atoms with Gasteiger partial charge < -0.3 is 20.1 Å². The second kappa shape index (κ2) is 10.3. The van der Waals surface area contributed by atoms with E-state index in [-0.39, 0.29) is 5.91 Å². The molecule has 0 saturated carbocycles. The molecule has 2 atom stereocenters. The van der Waals surface area contributed by atoms with Gasteiger partial charge in [-0.25, -0.2) is 4.99 Å². The zero-order valence-corrected chi connectivity index (χ0v) is 19.3. The fraction of sp³-hybridized carbons (Fsp3) is 0.192. The van der Waals surface area contributed by atoms with Crippen molar-refractivity contribution in [3.8, 4) is 11.5 Å². The molecule has 6 nitrogen and oxygen atoms in total. The summed E-state index contributed by atoms with van der Waals surface area (Å²) in [5.41, 5.74) is 3.29. The molecule has 0 spiro atoms. The summed E-state index contributed by atoms with van der Waals surface area (Å²) in [6.45, 7) is 2.25. The number of para-hydroxylation sites is 1. The summed E-state index contributed by atoms with van der Waals surface area (Å²) >= 11 is 5.33. The molecule has 0 bridgehead atoms. The summed E-state index contributed by atoms with van der Waals surface area (Å²) in [6, 6.07) is 24.5. The molecule has 0 aliphatic carbocycles. The molecule has 3 aromatic carbocycles. The van der Waals surface area contributed by atoms with Gasteiger partial charge >= 0.3 is 0 Å². The Morgan fingerprint density at radius 1 is 1.03 bits per heavy atom. The Hall–Kier alpha value is -3.71. The van der Waals surface area contributed by atoms with Crippen molar-refractivity contribution in [2.75, 3.05) is 12.4 Å². The Kier molecular flexibility index (Phi) is 7.00. The molecule has 0 saturated heterocycles. The van der Waals surface area contributed by atoms with Crippen molar-refractivity contribution in [1.82, 2.24) is 5.32 Å². The smallest absolute Gasteiger partial charge is 0.235 e. The van der Waals surface area contributed by atoms with Crippen LogP contribution in [0.4, 0.5) is 5.69 Å². The Bertz CT molecular complexity index is 1170. The van der Waals surface area contributed by atoms with Gasteiger partial charge in [-0.2, -0.15) is 0 Å². The number of amides is 1. The van der Waals surface area contributed by atoms with E-state index in [4.69, 9.17) is 21.7 Å². The van der Waals surface area contributed by atoms with E-state index in [0.717, 1.165) is 16.8 Å². The monoisotopic (exact) mass is 459 g/mol. The number of benzene rings is 3. The first-order chi connectivity index (χ1) is 16.0. The molecule has 33 heavy (non-hydrogen) atoms. The predicted molar refractivity (Wildman–Crippen MR) is 134 cm³/mol. The van der Waals surface area contributed by atoms with Crippen LogP contribution in [0.1, 0.15) is 24.1 Å². The normalized spacial score (nSPS) is 17.5. The molecule has 0 radical (unpaired) electrons. The number of hydrogen-bond acceptors (Lipinski definition) is 4. The highest BCUT2D eigenvalue weighted by Crippen LogP contribution is 2.35. The second-order valence-electron chi connectivity index (χ2n) is 7.70. The molecular formula is C26H25N3O3S. The van der Waals surface area contributed by atoms with Gasteiger partial charge in [0.05, 0.1) is 13.2 Å². The minimum Gasteiger partial charge on any atom is -0.493 e. The maximum Gasteiger partial charge on any atom is 0.235 e. The maximum atomic E-state index is 13.2. The number of carbonyl (C=O) groups is 1. The lowest BCUT2D eigenvalue weighted by atomic mass is 9.87. The first-order valence-electron chi connectivity index (χ1n) is 10.6. The van der Waals surface area contributed by atoms with E-state index < -0.39 is 12.0 Å². The number of aliphatic imine (C=N–C) groups is 1. The molecular weight excluding hydrogens is 434 g/mol. The van der Waals surface area contributed by atoms with Gasteiger partial charge in [0.15, 0.2) is 16.6 Å². The SMILES string of the molecule is COc1cc(C2NC(=S)N=C(C)C2C(=O)Nc2ccccc2)ccc1OCc1ccccc1. The average Bonchev–Trinajstić information content (AvgIpc) is 2.83. The molecule has 1 amide bonds. The summed E-state index contributed by atoms with van der Waals surface area (Å²) in [5.74, 6) is 0.501. The van der Waals surface area contributed by atoms with Gasteiger partial charge in [0.2, 0.25) is 5.91 Å². The van der Waals surface area contributed by atoms with Crippen LogP contribution in [0.2, 0.25) is 0 Å². The van der Waals surface area contributed by atoms with E-state index in [2.05, 4.69) is 15.6 Å². The molecule has 168 valence electrons. The minimum absolute atomic E-state index is 0.161. The van der Waals surface area contributed by atoms with Crippen molar-refractivity contribution in [3.05, 3.63) is 90.0 Å². The molecule has 3 aromatic rings. The summed E-state index contributed by atoms with van der Waals surface area (Å²) < 4.78 is 11.6. The Balaban J connectivity index is 1.58. The maximum absolute atomic E-state index is 13.2. The highest BCUT2D eigenvalue weighted by molar-refractivity contribution is 7.80. The largest absolute Gasteiger partial charge is 0.493 e. The number of methoxy groups -OCH3 is 1. The number of hydrogen-bond donors (Lipinski definition) is 2. The number of carbonyl (C=O) groups excluding carboxylic acids is 1. The van der Waals surface area contributed by atoms with Crippen LogP contribution in [-0.2, 0) is 11.4 Å². The van der Waals surface area contributed by atoms with Crippen molar-refractivity contribution >= 4 is 34.6 Å². The van der Waals surface area contributed by atoms with Gasteiger partial charge in [0.1, 0.15) is 12.5 Å². The van der Waals surface area contributed by atoms with E-state index >= 15 is 0 Å². The van der Waals surface area contributed by atoms with Crippen molar-refractivity contribution in [2.45, 2.75) is 19.6 Å². The van der Waals surface area contributed by atoms with Crippen molar-refractivity contribution < 1.29 is 14.3 Å². The van der Waals surface area contributed by atoms with E-state index in [1.807, 2.05) is 85.8 Å². The number of ether oxygens (including phenoxy) is 2.